The fourth-order valence-electron chi connectivity index (χ4n) is 22.0. The van der Waals surface area contributed by atoms with Crippen LogP contribution in [-0.2, 0) is 10.8 Å². The SMILES string of the molecule is CC1(C)c2cc(-c3cccc4ccccc34)ccc2-c2ccc(-c3c4ccccc4c(-c4ccc5c(c4)C(C)(C)c4cc(-c6cccc7ccccc67)ccc4-5)c4c3cnc3ccccc34)cc21.c1ccc(-c2ccc3c(ccc4cc(-c5c6ccccc6c(-c6ccc7c(ccc8cc(-c9ccccc9)ccc87)c6)c6c5cnc5ccccc56)ccc43)c2)cc1. The second kappa shape index (κ2) is 28.4. The summed E-state index contributed by atoms with van der Waals surface area (Å²) in [6, 6.07) is 153. The number of pyridine rings is 2. The average molecular weight is 1600 g/mol. The van der Waals surface area contributed by atoms with Crippen molar-refractivity contribution in [1.82, 2.24) is 9.97 Å². The first-order chi connectivity index (χ1) is 62.0. The summed E-state index contributed by atoms with van der Waals surface area (Å²) in [4.78, 5) is 10.3. The van der Waals surface area contributed by atoms with Gasteiger partial charge >= 0.3 is 0 Å². The molecule has 126 heavy (non-hydrogen) atoms. The van der Waals surface area contributed by atoms with Gasteiger partial charge in [-0.05, 0) is 280 Å². The summed E-state index contributed by atoms with van der Waals surface area (Å²) in [6.07, 6.45) is 4.26. The van der Waals surface area contributed by atoms with Crippen LogP contribution >= 0.6 is 0 Å². The molecule has 26 rings (SSSR count). The largest absolute Gasteiger partial charge is 0.256 e. The number of fused-ring (bicyclic) bond motifs is 22. The second-order valence-corrected chi connectivity index (χ2v) is 35.7. The molecule has 0 unspecified atom stereocenters. The minimum absolute atomic E-state index is 0.206. The summed E-state index contributed by atoms with van der Waals surface area (Å²) in [5.41, 5.74) is 32.2. The van der Waals surface area contributed by atoms with Gasteiger partial charge in [0.2, 0.25) is 0 Å². The molecule has 0 amide bonds. The molecule has 0 aliphatic heterocycles. The molecule has 2 aliphatic carbocycles. The Morgan fingerprint density at radius 1 is 0.159 bits per heavy atom. The zero-order valence-corrected chi connectivity index (χ0v) is 70.3. The predicted octanol–water partition coefficient (Wildman–Crippen LogP) is 34.0. The molecule has 0 bridgehead atoms. The highest BCUT2D eigenvalue weighted by molar-refractivity contribution is 6.30. The van der Waals surface area contributed by atoms with Crippen molar-refractivity contribution in [2.45, 2.75) is 38.5 Å². The summed E-state index contributed by atoms with van der Waals surface area (Å²) in [6.45, 7) is 9.62. The summed E-state index contributed by atoms with van der Waals surface area (Å²) >= 11 is 0. The van der Waals surface area contributed by atoms with Gasteiger partial charge in [0, 0.05) is 55.5 Å². The standard InChI is InChI=1S/C67H47N.C57H35N/c1-66(2)58-35-42(48-24-13-17-40-15-5-7-19-46(40)48)27-31-50(58)52-33-29-44(37-60(52)66)63-54-21-9-10-22-55(54)64(65-56-23-11-12-26-62(56)68-39-57(63)65)45-30-34-53-51-32-28-43(36-59(51)67(3,4)61(53)38-45)49-25-14-18-41-16-6-8-20-47(41)49;1-3-11-36(12-4-1)38-23-27-46-40(31-38)19-21-42-33-44(25-29-48(42)46)55-50-15-7-8-16-51(50)56(57-52-17-9-10-18-54(52)58-35-53(55)57)45-26-30-49-43(34-45)22-20-41-32-39(24-28-47(41)49)37-13-5-2-6-14-37/h5-39H,1-4H3;1-35H. The van der Waals surface area contributed by atoms with Crippen molar-refractivity contribution in [2.75, 3.05) is 0 Å². The smallest absolute Gasteiger partial charge is 0.0708 e. The van der Waals surface area contributed by atoms with E-state index < -0.39 is 0 Å². The molecule has 24 aromatic rings. The first-order valence-electron chi connectivity index (χ1n) is 44.0. The number of hydrogen-bond acceptors (Lipinski definition) is 2. The molecule has 0 fully saturated rings. The van der Waals surface area contributed by atoms with E-state index in [2.05, 4.69) is 453 Å². The minimum atomic E-state index is -0.207. The van der Waals surface area contributed by atoms with E-state index in [1.54, 1.807) is 0 Å². The van der Waals surface area contributed by atoms with Crippen LogP contribution in [0.1, 0.15) is 49.9 Å². The van der Waals surface area contributed by atoms with Gasteiger partial charge in [-0.15, -0.1) is 0 Å². The van der Waals surface area contributed by atoms with Gasteiger partial charge in [-0.25, -0.2) is 0 Å². The third-order valence-electron chi connectivity index (χ3n) is 28.1. The maximum absolute atomic E-state index is 5.19. The molecule has 2 heterocycles. The molecular formula is C124H82N2. The Balaban J connectivity index is 0.000000139. The van der Waals surface area contributed by atoms with E-state index in [0.29, 0.717) is 0 Å². The van der Waals surface area contributed by atoms with Crippen molar-refractivity contribution >= 4 is 130 Å². The minimum Gasteiger partial charge on any atom is -0.256 e. The molecule has 2 aromatic heterocycles. The number of para-hydroxylation sites is 2. The molecule has 0 saturated carbocycles. The molecule has 0 saturated heterocycles. The lowest BCUT2D eigenvalue weighted by Gasteiger charge is -2.24. The van der Waals surface area contributed by atoms with Gasteiger partial charge in [-0.1, -0.05) is 380 Å². The topological polar surface area (TPSA) is 25.8 Å². The van der Waals surface area contributed by atoms with Gasteiger partial charge in [0.05, 0.1) is 11.0 Å². The van der Waals surface area contributed by atoms with E-state index in [9.17, 15) is 0 Å². The van der Waals surface area contributed by atoms with Crippen LogP contribution in [0.3, 0.4) is 0 Å². The molecule has 0 N–H and O–H groups in total. The summed E-state index contributed by atoms with van der Waals surface area (Å²) < 4.78 is 0. The number of aromatic nitrogens is 2. The van der Waals surface area contributed by atoms with Crippen LogP contribution in [-0.4, -0.2) is 9.97 Å². The van der Waals surface area contributed by atoms with Gasteiger partial charge in [-0.3, -0.25) is 9.97 Å². The van der Waals surface area contributed by atoms with Gasteiger partial charge < -0.3 is 0 Å². The molecule has 0 spiro atoms. The monoisotopic (exact) mass is 1600 g/mol. The van der Waals surface area contributed by atoms with Gasteiger partial charge in [0.25, 0.3) is 0 Å². The maximum Gasteiger partial charge on any atom is 0.0708 e. The number of rotatable bonds is 8. The molecule has 0 radical (unpaired) electrons. The van der Waals surface area contributed by atoms with Gasteiger partial charge in [0.15, 0.2) is 0 Å². The third kappa shape index (κ3) is 11.4. The highest BCUT2D eigenvalue weighted by Crippen LogP contribution is 2.57. The molecular weight excluding hydrogens is 1520 g/mol. The van der Waals surface area contributed by atoms with Crippen molar-refractivity contribution in [3.63, 3.8) is 0 Å². The average Bonchev–Trinajstić information content (AvgIpc) is 1.33. The Morgan fingerprint density at radius 2 is 0.437 bits per heavy atom. The fraction of sp³-hybridized carbons (Fsp3) is 0.0484. The number of nitrogens with zero attached hydrogens (tertiary/aromatic N) is 2. The Labute approximate surface area is 731 Å². The molecule has 588 valence electrons. The lowest BCUT2D eigenvalue weighted by Crippen LogP contribution is -2.15. The van der Waals surface area contributed by atoms with E-state index in [0.717, 1.165) is 21.8 Å². The summed E-state index contributed by atoms with van der Waals surface area (Å²) in [5, 5.41) is 27.2. The normalized spacial score (nSPS) is 13.0. The lowest BCUT2D eigenvalue weighted by atomic mass is 9.79. The maximum atomic E-state index is 5.19. The molecule has 22 aromatic carbocycles. The van der Waals surface area contributed by atoms with Crippen LogP contribution < -0.4 is 0 Å². The van der Waals surface area contributed by atoms with E-state index in [4.69, 9.17) is 9.97 Å². The molecule has 2 heteroatoms. The Kier molecular flexibility index (Phi) is 16.5. The highest BCUT2D eigenvalue weighted by Gasteiger charge is 2.39. The Morgan fingerprint density at radius 3 is 0.833 bits per heavy atom. The Hall–Kier alpha value is -15.7. The molecule has 2 aliphatic rings. The van der Waals surface area contributed by atoms with Crippen LogP contribution in [0.4, 0.5) is 0 Å². The summed E-state index contributed by atoms with van der Waals surface area (Å²) in [7, 11) is 0. The van der Waals surface area contributed by atoms with Crippen molar-refractivity contribution in [3.05, 3.63) is 447 Å². The molecule has 2 nitrogen and oxygen atoms in total. The van der Waals surface area contributed by atoms with Crippen molar-refractivity contribution in [2.24, 2.45) is 0 Å². The Bertz CT molecular complexity index is 8760. The molecule has 0 atom stereocenters. The zero-order valence-electron chi connectivity index (χ0n) is 70.3. The highest BCUT2D eigenvalue weighted by atomic mass is 14.7. The predicted molar refractivity (Wildman–Crippen MR) is 537 cm³/mol. The van der Waals surface area contributed by atoms with Crippen LogP contribution in [0.5, 0.6) is 0 Å². The third-order valence-corrected chi connectivity index (χ3v) is 28.1. The van der Waals surface area contributed by atoms with Crippen LogP contribution in [0.15, 0.2) is 425 Å². The van der Waals surface area contributed by atoms with Crippen LogP contribution in [0, 0.1) is 0 Å². The lowest BCUT2D eigenvalue weighted by molar-refractivity contribution is 0.660. The summed E-state index contributed by atoms with van der Waals surface area (Å²) in [5.74, 6) is 0. The van der Waals surface area contributed by atoms with Gasteiger partial charge in [0.1, 0.15) is 0 Å². The second-order valence-electron chi connectivity index (χ2n) is 35.7. The van der Waals surface area contributed by atoms with E-state index in [1.165, 1.54) is 241 Å². The van der Waals surface area contributed by atoms with Crippen molar-refractivity contribution in [1.29, 1.82) is 0 Å². The van der Waals surface area contributed by atoms with Crippen LogP contribution in [0.2, 0.25) is 0 Å². The van der Waals surface area contributed by atoms with Gasteiger partial charge in [-0.2, -0.15) is 0 Å². The first-order valence-corrected chi connectivity index (χ1v) is 44.0. The number of benzene rings is 22. The van der Waals surface area contributed by atoms with E-state index in [-0.39, 0.29) is 10.8 Å². The zero-order chi connectivity index (χ0) is 83.6. The quantitative estimate of drug-likeness (QED) is 0.112. The first kappa shape index (κ1) is 73.0. The fourth-order valence-corrected chi connectivity index (χ4v) is 22.0. The van der Waals surface area contributed by atoms with E-state index >= 15 is 0 Å². The van der Waals surface area contributed by atoms with Crippen molar-refractivity contribution < 1.29 is 0 Å². The number of hydrogen-bond donors (Lipinski definition) is 0. The van der Waals surface area contributed by atoms with E-state index in [1.807, 2.05) is 0 Å². The van der Waals surface area contributed by atoms with Crippen LogP contribution in [0.25, 0.3) is 241 Å². The van der Waals surface area contributed by atoms with Crippen molar-refractivity contribution in [3.8, 4) is 111 Å².